The summed E-state index contributed by atoms with van der Waals surface area (Å²) in [4.78, 5) is 38.3. The van der Waals surface area contributed by atoms with Crippen LogP contribution in [0.4, 0.5) is 5.69 Å². The van der Waals surface area contributed by atoms with Crippen LogP contribution in [-0.4, -0.2) is 44.2 Å². The number of esters is 1. The second-order valence-corrected chi connectivity index (χ2v) is 9.79. The molecular formula is C22H26N2O6S. The fourth-order valence-electron chi connectivity index (χ4n) is 4.64. The molecule has 0 bridgehead atoms. The molecule has 2 fully saturated rings. The van der Waals surface area contributed by atoms with Crippen LogP contribution in [0.15, 0.2) is 34.9 Å². The number of non-ortho nitro benzene ring substituents is 1. The van der Waals surface area contributed by atoms with Crippen LogP contribution in [0.3, 0.4) is 0 Å². The first-order valence-corrected chi connectivity index (χ1v) is 11.6. The maximum atomic E-state index is 13.0. The largest absolute Gasteiger partial charge is 0.456 e. The Labute approximate surface area is 184 Å². The third-order valence-electron chi connectivity index (χ3n) is 6.26. The summed E-state index contributed by atoms with van der Waals surface area (Å²) in [5, 5.41) is 21.2. The summed E-state index contributed by atoms with van der Waals surface area (Å²) in [5.41, 5.74) is 0.912. The van der Waals surface area contributed by atoms with E-state index in [0.29, 0.717) is 22.9 Å². The predicted octanol–water partition coefficient (Wildman–Crippen LogP) is 3.53. The first-order valence-electron chi connectivity index (χ1n) is 10.7. The van der Waals surface area contributed by atoms with Gasteiger partial charge in [0.15, 0.2) is 0 Å². The van der Waals surface area contributed by atoms with Gasteiger partial charge in [0.1, 0.15) is 12.3 Å². The summed E-state index contributed by atoms with van der Waals surface area (Å²) < 4.78 is 5.49. The van der Waals surface area contributed by atoms with Gasteiger partial charge in [0.25, 0.3) is 5.69 Å². The zero-order valence-corrected chi connectivity index (χ0v) is 18.2. The average molecular weight is 447 g/mol. The molecule has 8 nitrogen and oxygen atoms in total. The van der Waals surface area contributed by atoms with Crippen molar-refractivity contribution in [3.05, 3.63) is 50.5 Å². The number of nitrogens with zero attached hydrogens (tertiary/aromatic N) is 2. The number of β-lactam (4-membered cyclic amide) rings is 1. The van der Waals surface area contributed by atoms with Gasteiger partial charge in [-0.1, -0.05) is 19.3 Å². The van der Waals surface area contributed by atoms with E-state index in [1.54, 1.807) is 30.8 Å². The van der Waals surface area contributed by atoms with E-state index in [-0.39, 0.29) is 24.2 Å². The Morgan fingerprint density at radius 3 is 2.58 bits per heavy atom. The molecule has 1 saturated heterocycles. The van der Waals surface area contributed by atoms with Crippen molar-refractivity contribution in [3.63, 3.8) is 0 Å². The van der Waals surface area contributed by atoms with Crippen molar-refractivity contribution in [2.45, 2.75) is 69.5 Å². The van der Waals surface area contributed by atoms with Gasteiger partial charge in [0.05, 0.1) is 23.0 Å². The van der Waals surface area contributed by atoms with Gasteiger partial charge in [-0.3, -0.25) is 14.9 Å². The topological polar surface area (TPSA) is 110 Å². The molecule has 2 heterocycles. The Morgan fingerprint density at radius 1 is 1.29 bits per heavy atom. The van der Waals surface area contributed by atoms with Gasteiger partial charge in [-0.05, 0) is 37.5 Å². The van der Waals surface area contributed by atoms with E-state index in [1.165, 1.54) is 36.3 Å². The Bertz CT molecular complexity index is 907. The van der Waals surface area contributed by atoms with Crippen LogP contribution in [0.1, 0.15) is 51.0 Å². The number of amides is 1. The van der Waals surface area contributed by atoms with Gasteiger partial charge in [-0.25, -0.2) is 4.79 Å². The molecule has 2 aliphatic heterocycles. The van der Waals surface area contributed by atoms with Crippen molar-refractivity contribution >= 4 is 29.3 Å². The van der Waals surface area contributed by atoms with E-state index in [2.05, 4.69) is 0 Å². The summed E-state index contributed by atoms with van der Waals surface area (Å²) in [7, 11) is 0. The van der Waals surface area contributed by atoms with Crippen LogP contribution in [0.2, 0.25) is 0 Å². The molecule has 0 spiro atoms. The maximum absolute atomic E-state index is 13.0. The Kier molecular flexibility index (Phi) is 6.34. The van der Waals surface area contributed by atoms with Crippen LogP contribution in [0.25, 0.3) is 0 Å². The zero-order valence-electron chi connectivity index (χ0n) is 17.4. The molecule has 3 aliphatic rings. The average Bonchev–Trinajstić information content (AvgIpc) is 3.06. The molecule has 31 heavy (non-hydrogen) atoms. The van der Waals surface area contributed by atoms with Gasteiger partial charge < -0.3 is 14.7 Å². The number of aliphatic hydroxyl groups excluding tert-OH is 1. The van der Waals surface area contributed by atoms with Gasteiger partial charge in [-0.15, -0.1) is 11.8 Å². The standard InChI is InChI=1S/C22H26N2O6S/c1-13(25)19-17-11-18(31-16-5-3-2-4-6-16)20(23(17)21(19)26)22(27)30-12-14-7-9-15(10-8-14)24(28)29/h7-10,13,16-17,19,25H,2-6,11-12H2,1H3. The molecule has 1 N–H and O–H groups in total. The lowest BCUT2D eigenvalue weighted by atomic mass is 9.83. The second-order valence-electron chi connectivity index (χ2n) is 8.40. The molecule has 1 aliphatic carbocycles. The molecular weight excluding hydrogens is 420 g/mol. The maximum Gasteiger partial charge on any atom is 0.356 e. The normalized spacial score (nSPS) is 24.6. The van der Waals surface area contributed by atoms with E-state index >= 15 is 0 Å². The molecule has 0 aromatic heterocycles. The first kappa shape index (κ1) is 21.8. The van der Waals surface area contributed by atoms with Crippen LogP contribution in [-0.2, 0) is 20.9 Å². The van der Waals surface area contributed by atoms with Crippen LogP contribution < -0.4 is 0 Å². The van der Waals surface area contributed by atoms with Crippen LogP contribution in [0, 0.1) is 16.0 Å². The molecule has 9 heteroatoms. The number of nitro benzene ring substituents is 1. The number of ether oxygens (including phenoxy) is 1. The van der Waals surface area contributed by atoms with Crippen molar-refractivity contribution in [2.75, 3.05) is 0 Å². The smallest absolute Gasteiger partial charge is 0.356 e. The van der Waals surface area contributed by atoms with Crippen molar-refractivity contribution in [3.8, 4) is 0 Å². The number of aliphatic hydroxyl groups is 1. The Balaban J connectivity index is 1.49. The lowest BCUT2D eigenvalue weighted by molar-refractivity contribution is -0.384. The lowest BCUT2D eigenvalue weighted by Crippen LogP contribution is -2.61. The highest BCUT2D eigenvalue weighted by molar-refractivity contribution is 8.03. The summed E-state index contributed by atoms with van der Waals surface area (Å²) in [5.74, 6) is -1.28. The fraction of sp³-hybridized carbons (Fsp3) is 0.545. The van der Waals surface area contributed by atoms with Gasteiger partial charge >= 0.3 is 5.97 Å². The quantitative estimate of drug-likeness (QED) is 0.295. The van der Waals surface area contributed by atoms with Crippen molar-refractivity contribution in [1.29, 1.82) is 0 Å². The van der Waals surface area contributed by atoms with E-state index in [9.17, 15) is 24.8 Å². The molecule has 0 radical (unpaired) electrons. The number of carbonyl (C=O) groups is 2. The number of hydrogen-bond acceptors (Lipinski definition) is 7. The predicted molar refractivity (Wildman–Crippen MR) is 115 cm³/mol. The molecule has 1 saturated carbocycles. The minimum Gasteiger partial charge on any atom is -0.456 e. The summed E-state index contributed by atoms with van der Waals surface area (Å²) in [6.45, 7) is 1.58. The third kappa shape index (κ3) is 4.34. The number of hydrogen-bond donors (Lipinski definition) is 1. The van der Waals surface area contributed by atoms with Crippen molar-refractivity contribution < 1.29 is 24.4 Å². The minimum absolute atomic E-state index is 0.0297. The SMILES string of the molecule is CC(O)C1C(=O)N2C(C(=O)OCc3ccc([N+](=O)[O-])cc3)=C(SC3CCCCC3)CC12. The number of carbonyl (C=O) groups excluding carboxylic acids is 2. The van der Waals surface area contributed by atoms with Gasteiger partial charge in [-0.2, -0.15) is 0 Å². The van der Waals surface area contributed by atoms with Gasteiger partial charge in [0, 0.05) is 28.7 Å². The summed E-state index contributed by atoms with van der Waals surface area (Å²) in [6.07, 6.45) is 5.59. The van der Waals surface area contributed by atoms with Crippen LogP contribution in [0.5, 0.6) is 0 Å². The van der Waals surface area contributed by atoms with E-state index in [1.807, 2.05) is 0 Å². The van der Waals surface area contributed by atoms with Gasteiger partial charge in [0.2, 0.25) is 5.91 Å². The molecule has 1 aromatic rings. The Hall–Kier alpha value is -2.39. The number of fused-ring (bicyclic) bond motifs is 1. The number of thioether (sulfide) groups is 1. The summed E-state index contributed by atoms with van der Waals surface area (Å²) >= 11 is 1.68. The van der Waals surface area contributed by atoms with E-state index in [4.69, 9.17) is 4.74 Å². The lowest BCUT2D eigenvalue weighted by Gasteiger charge is -2.44. The highest BCUT2D eigenvalue weighted by Gasteiger charge is 2.57. The summed E-state index contributed by atoms with van der Waals surface area (Å²) in [6, 6.07) is 5.63. The molecule has 4 rings (SSSR count). The highest BCUT2D eigenvalue weighted by Crippen LogP contribution is 2.49. The number of rotatable bonds is 7. The fourth-order valence-corrected chi connectivity index (χ4v) is 6.17. The van der Waals surface area contributed by atoms with E-state index < -0.39 is 22.9 Å². The van der Waals surface area contributed by atoms with Crippen molar-refractivity contribution in [2.24, 2.45) is 5.92 Å². The number of benzene rings is 1. The third-order valence-corrected chi connectivity index (χ3v) is 7.71. The first-order chi connectivity index (χ1) is 14.9. The molecule has 3 atom stereocenters. The van der Waals surface area contributed by atoms with E-state index in [0.717, 1.165) is 17.7 Å². The second kappa shape index (κ2) is 9.00. The Morgan fingerprint density at radius 2 is 1.97 bits per heavy atom. The van der Waals surface area contributed by atoms with Crippen LogP contribution >= 0.6 is 11.8 Å². The molecule has 166 valence electrons. The number of nitro groups is 1. The molecule has 3 unspecified atom stereocenters. The minimum atomic E-state index is -0.759. The highest BCUT2D eigenvalue weighted by atomic mass is 32.2. The van der Waals surface area contributed by atoms with Crippen molar-refractivity contribution in [1.82, 2.24) is 4.90 Å². The zero-order chi connectivity index (χ0) is 22.1. The molecule has 1 aromatic carbocycles. The molecule has 1 amide bonds. The monoisotopic (exact) mass is 446 g/mol.